The van der Waals surface area contributed by atoms with Gasteiger partial charge in [0, 0.05) is 24.0 Å². The van der Waals surface area contributed by atoms with E-state index in [1.54, 1.807) is 23.5 Å². The Kier molecular flexibility index (Phi) is 5.74. The van der Waals surface area contributed by atoms with Crippen molar-refractivity contribution in [1.82, 2.24) is 4.98 Å². The molecule has 3 aromatic rings. The maximum atomic E-state index is 13.0. The molecule has 152 valence electrons. The molecule has 2 aromatic carbocycles. The van der Waals surface area contributed by atoms with E-state index < -0.39 is 9.84 Å². The molecule has 1 aromatic heterocycles. The van der Waals surface area contributed by atoms with Crippen LogP contribution in [0.5, 0.6) is 0 Å². The molecule has 29 heavy (non-hydrogen) atoms. The third-order valence-corrected chi connectivity index (χ3v) is 8.83. The number of nitrogens with zero attached hydrogens (tertiary/aromatic N) is 2. The number of anilines is 1. The average molecular weight is 427 g/mol. The van der Waals surface area contributed by atoms with Gasteiger partial charge in [0.1, 0.15) is 0 Å². The van der Waals surface area contributed by atoms with E-state index in [0.29, 0.717) is 17.7 Å². The number of thiazole rings is 1. The maximum absolute atomic E-state index is 13.0. The summed E-state index contributed by atoms with van der Waals surface area (Å²) in [6.07, 6.45) is 2.30. The second-order valence-electron chi connectivity index (χ2n) is 7.61. The van der Waals surface area contributed by atoms with Crippen LogP contribution in [0.25, 0.3) is 11.3 Å². The van der Waals surface area contributed by atoms with Gasteiger partial charge in [-0.25, -0.2) is 13.4 Å². The minimum absolute atomic E-state index is 0.317. The molecule has 0 atom stereocenters. The Morgan fingerprint density at radius 1 is 1.03 bits per heavy atom. The standard InChI is InChI=1S/C23H26N2O2S2/c1-3-18-6-8-19(9-7-18)22-16-28-23(24-22)25-14-12-21(13-15-25)29(26,27)20-10-4-17(2)5-11-20/h4-11,16,21H,3,12-15H2,1-2H3. The van der Waals surface area contributed by atoms with Crippen molar-refractivity contribution in [3.8, 4) is 11.3 Å². The van der Waals surface area contributed by atoms with Gasteiger partial charge in [-0.1, -0.05) is 48.9 Å². The summed E-state index contributed by atoms with van der Waals surface area (Å²) in [5.74, 6) is 0. The quantitative estimate of drug-likeness (QED) is 0.568. The third kappa shape index (κ3) is 4.23. The molecule has 1 saturated heterocycles. The zero-order valence-electron chi connectivity index (χ0n) is 16.8. The first-order valence-electron chi connectivity index (χ1n) is 10.1. The highest BCUT2D eigenvalue weighted by Crippen LogP contribution is 2.32. The minimum atomic E-state index is -3.27. The van der Waals surface area contributed by atoms with Crippen LogP contribution in [-0.2, 0) is 16.3 Å². The molecular weight excluding hydrogens is 400 g/mol. The zero-order chi connectivity index (χ0) is 20.4. The molecule has 0 bridgehead atoms. The Balaban J connectivity index is 1.43. The summed E-state index contributed by atoms with van der Waals surface area (Å²) >= 11 is 1.63. The van der Waals surface area contributed by atoms with Crippen molar-refractivity contribution in [2.45, 2.75) is 43.3 Å². The maximum Gasteiger partial charge on any atom is 0.185 e. The van der Waals surface area contributed by atoms with E-state index in [-0.39, 0.29) is 5.25 Å². The number of piperidine rings is 1. The number of rotatable bonds is 5. The number of hydrogen-bond acceptors (Lipinski definition) is 5. The average Bonchev–Trinajstić information content (AvgIpc) is 3.24. The van der Waals surface area contributed by atoms with Crippen molar-refractivity contribution in [3.63, 3.8) is 0 Å². The molecule has 0 radical (unpaired) electrons. The number of aryl methyl sites for hydroxylation is 2. The van der Waals surface area contributed by atoms with Crippen LogP contribution in [0.3, 0.4) is 0 Å². The van der Waals surface area contributed by atoms with Gasteiger partial charge >= 0.3 is 0 Å². The van der Waals surface area contributed by atoms with Gasteiger partial charge in [0.25, 0.3) is 0 Å². The lowest BCUT2D eigenvalue weighted by atomic mass is 10.1. The molecule has 1 aliphatic rings. The summed E-state index contributed by atoms with van der Waals surface area (Å²) in [7, 11) is -3.27. The smallest absolute Gasteiger partial charge is 0.185 e. The van der Waals surface area contributed by atoms with Crippen LogP contribution in [0.4, 0.5) is 5.13 Å². The van der Waals surface area contributed by atoms with Crippen LogP contribution < -0.4 is 4.90 Å². The molecule has 4 rings (SSSR count). The van der Waals surface area contributed by atoms with Gasteiger partial charge in [-0.2, -0.15) is 0 Å². The van der Waals surface area contributed by atoms with E-state index in [2.05, 4.69) is 41.5 Å². The fourth-order valence-electron chi connectivity index (χ4n) is 3.73. The Morgan fingerprint density at radius 2 is 1.69 bits per heavy atom. The van der Waals surface area contributed by atoms with Gasteiger partial charge < -0.3 is 4.90 Å². The van der Waals surface area contributed by atoms with Crippen molar-refractivity contribution in [1.29, 1.82) is 0 Å². The highest BCUT2D eigenvalue weighted by atomic mass is 32.2. The fourth-order valence-corrected chi connectivity index (χ4v) is 6.35. The lowest BCUT2D eigenvalue weighted by molar-refractivity contribution is 0.529. The predicted molar refractivity (Wildman–Crippen MR) is 121 cm³/mol. The van der Waals surface area contributed by atoms with Crippen molar-refractivity contribution in [2.24, 2.45) is 0 Å². The SMILES string of the molecule is CCc1ccc(-c2csc(N3CCC(S(=O)(=O)c4ccc(C)cc4)CC3)n2)cc1. The van der Waals surface area contributed by atoms with Crippen LogP contribution >= 0.6 is 11.3 Å². The van der Waals surface area contributed by atoms with Gasteiger partial charge in [0.15, 0.2) is 15.0 Å². The first kappa shape index (κ1) is 20.1. The third-order valence-electron chi connectivity index (χ3n) is 5.65. The highest BCUT2D eigenvalue weighted by molar-refractivity contribution is 7.92. The summed E-state index contributed by atoms with van der Waals surface area (Å²) in [5.41, 5.74) is 4.51. The molecule has 1 aliphatic heterocycles. The van der Waals surface area contributed by atoms with Crippen LogP contribution in [0.2, 0.25) is 0 Å². The summed E-state index contributed by atoms with van der Waals surface area (Å²) in [6.45, 7) is 5.56. The largest absolute Gasteiger partial charge is 0.348 e. The van der Waals surface area contributed by atoms with Crippen LogP contribution in [0.1, 0.15) is 30.9 Å². The summed E-state index contributed by atoms with van der Waals surface area (Å²) in [5, 5.41) is 2.75. The Labute approximate surface area is 177 Å². The van der Waals surface area contributed by atoms with Gasteiger partial charge in [0.2, 0.25) is 0 Å². The van der Waals surface area contributed by atoms with Gasteiger partial charge in [0.05, 0.1) is 15.8 Å². The van der Waals surface area contributed by atoms with E-state index >= 15 is 0 Å². The predicted octanol–water partition coefficient (Wildman–Crippen LogP) is 5.12. The van der Waals surface area contributed by atoms with E-state index in [1.807, 2.05) is 19.1 Å². The monoisotopic (exact) mass is 426 g/mol. The summed E-state index contributed by atoms with van der Waals surface area (Å²) < 4.78 is 25.9. The summed E-state index contributed by atoms with van der Waals surface area (Å²) in [6, 6.07) is 15.7. The highest BCUT2D eigenvalue weighted by Gasteiger charge is 2.32. The van der Waals surface area contributed by atoms with Gasteiger partial charge in [-0.3, -0.25) is 0 Å². The van der Waals surface area contributed by atoms with Crippen LogP contribution in [0.15, 0.2) is 58.8 Å². The molecule has 0 unspecified atom stereocenters. The van der Waals surface area contributed by atoms with Gasteiger partial charge in [-0.15, -0.1) is 11.3 Å². The lowest BCUT2D eigenvalue weighted by Gasteiger charge is -2.31. The van der Waals surface area contributed by atoms with Crippen molar-refractivity contribution in [3.05, 3.63) is 65.0 Å². The normalized spacial score (nSPS) is 15.6. The molecule has 0 amide bonds. The second-order valence-corrected chi connectivity index (χ2v) is 10.7. The second kappa shape index (κ2) is 8.28. The molecule has 1 fully saturated rings. The molecule has 0 aliphatic carbocycles. The number of sulfone groups is 1. The molecule has 6 heteroatoms. The van der Waals surface area contributed by atoms with E-state index in [4.69, 9.17) is 4.98 Å². The number of benzene rings is 2. The van der Waals surface area contributed by atoms with Gasteiger partial charge in [-0.05, 0) is 43.9 Å². The van der Waals surface area contributed by atoms with Crippen LogP contribution in [-0.4, -0.2) is 31.7 Å². The first-order valence-corrected chi connectivity index (χ1v) is 12.5. The van der Waals surface area contributed by atoms with Crippen molar-refractivity contribution in [2.75, 3.05) is 18.0 Å². The molecule has 0 saturated carbocycles. The van der Waals surface area contributed by atoms with E-state index in [9.17, 15) is 8.42 Å². The van der Waals surface area contributed by atoms with E-state index in [1.165, 1.54) is 5.56 Å². The van der Waals surface area contributed by atoms with Crippen molar-refractivity contribution < 1.29 is 8.42 Å². The summed E-state index contributed by atoms with van der Waals surface area (Å²) in [4.78, 5) is 7.47. The molecule has 0 spiro atoms. The Bertz CT molecular complexity index is 1060. The lowest BCUT2D eigenvalue weighted by Crippen LogP contribution is -2.39. The van der Waals surface area contributed by atoms with E-state index in [0.717, 1.165) is 41.5 Å². The molecule has 0 N–H and O–H groups in total. The fraction of sp³-hybridized carbons (Fsp3) is 0.348. The Morgan fingerprint density at radius 3 is 2.31 bits per heavy atom. The minimum Gasteiger partial charge on any atom is -0.348 e. The van der Waals surface area contributed by atoms with Crippen LogP contribution in [0, 0.1) is 6.92 Å². The van der Waals surface area contributed by atoms with Crippen molar-refractivity contribution >= 4 is 26.3 Å². The molecular formula is C23H26N2O2S2. The number of hydrogen-bond donors (Lipinski definition) is 0. The number of aromatic nitrogens is 1. The zero-order valence-corrected chi connectivity index (χ0v) is 18.5. The molecule has 4 nitrogen and oxygen atoms in total. The topological polar surface area (TPSA) is 50.3 Å². The first-order chi connectivity index (χ1) is 14.0. The Hall–Kier alpha value is -2.18. The molecule has 2 heterocycles.